The van der Waals surface area contributed by atoms with Gasteiger partial charge in [0.15, 0.2) is 0 Å². The highest BCUT2D eigenvalue weighted by Gasteiger charge is 2.29. The SMILES string of the molecule is CC(=C/C(C)C/C=C/C(C)=C/C(C)C(=O)C(C)C(O)C(C)C/C(C)=C/C(=O)NCCS)/C=C/[C@@H]1OC(=O)C=C[C@@H]1C. The van der Waals surface area contributed by atoms with Crippen LogP contribution < -0.4 is 5.32 Å². The third-order valence-electron chi connectivity index (χ3n) is 7.23. The fourth-order valence-electron chi connectivity index (χ4n) is 4.87. The molecular weight excluding hydrogens is 534 g/mol. The normalized spacial score (nSPS) is 22.4. The first-order valence-electron chi connectivity index (χ1n) is 14.6. The minimum atomic E-state index is -0.798. The number of nitrogens with one attached hydrogen (secondary N) is 1. The van der Waals surface area contributed by atoms with Gasteiger partial charge < -0.3 is 15.2 Å². The number of thiol groups is 1. The highest BCUT2D eigenvalue weighted by molar-refractivity contribution is 7.80. The number of aliphatic hydroxyl groups excluding tert-OH is 1. The zero-order valence-corrected chi connectivity index (χ0v) is 27.0. The van der Waals surface area contributed by atoms with Crippen molar-refractivity contribution in [3.8, 4) is 0 Å². The molecule has 0 bridgehead atoms. The fraction of sp³-hybridized carbons (Fsp3) is 0.559. The number of amides is 1. The van der Waals surface area contributed by atoms with Crippen LogP contribution in [0.3, 0.4) is 0 Å². The highest BCUT2D eigenvalue weighted by atomic mass is 32.1. The number of ketones is 1. The Morgan fingerprint density at radius 2 is 1.76 bits per heavy atom. The molecule has 228 valence electrons. The Bertz CT molecular complexity index is 1070. The summed E-state index contributed by atoms with van der Waals surface area (Å²) in [5.74, 6) is -0.428. The number of hydrogen-bond donors (Lipinski definition) is 3. The van der Waals surface area contributed by atoms with Crippen LogP contribution in [0.1, 0.15) is 68.2 Å². The topological polar surface area (TPSA) is 92.7 Å². The van der Waals surface area contributed by atoms with Gasteiger partial charge in [-0.05, 0) is 51.5 Å². The van der Waals surface area contributed by atoms with E-state index >= 15 is 0 Å². The number of carbonyl (C=O) groups excluding carboxylic acids is 3. The van der Waals surface area contributed by atoms with Gasteiger partial charge >= 0.3 is 5.97 Å². The Morgan fingerprint density at radius 1 is 1.10 bits per heavy atom. The summed E-state index contributed by atoms with van der Waals surface area (Å²) >= 11 is 4.08. The van der Waals surface area contributed by atoms with Gasteiger partial charge in [-0.3, -0.25) is 9.59 Å². The van der Waals surface area contributed by atoms with Gasteiger partial charge in [-0.2, -0.15) is 12.6 Å². The summed E-state index contributed by atoms with van der Waals surface area (Å²) in [5, 5.41) is 13.6. The second-order valence-electron chi connectivity index (χ2n) is 11.6. The van der Waals surface area contributed by atoms with Crippen molar-refractivity contribution in [2.75, 3.05) is 12.3 Å². The van der Waals surface area contributed by atoms with Crippen LogP contribution in [0.2, 0.25) is 0 Å². The van der Waals surface area contributed by atoms with Crippen LogP contribution in [0.15, 0.2) is 71.4 Å². The number of carbonyl (C=O) groups is 3. The molecule has 0 saturated carbocycles. The summed E-state index contributed by atoms with van der Waals surface area (Å²) in [4.78, 5) is 36.4. The van der Waals surface area contributed by atoms with E-state index in [0.717, 1.165) is 23.1 Å². The predicted octanol–water partition coefficient (Wildman–Crippen LogP) is 6.36. The maximum absolute atomic E-state index is 13.1. The number of rotatable bonds is 16. The van der Waals surface area contributed by atoms with E-state index in [1.165, 1.54) is 6.08 Å². The second-order valence-corrected chi connectivity index (χ2v) is 12.0. The lowest BCUT2D eigenvalue weighted by molar-refractivity contribution is -0.143. The van der Waals surface area contributed by atoms with Crippen molar-refractivity contribution < 1.29 is 24.2 Å². The molecule has 1 heterocycles. The zero-order valence-electron chi connectivity index (χ0n) is 26.1. The van der Waals surface area contributed by atoms with E-state index in [0.29, 0.717) is 24.6 Å². The molecule has 0 fully saturated rings. The number of Topliss-reactive ketones (excluding diaryl/α,β-unsaturated/α-hetero) is 1. The van der Waals surface area contributed by atoms with Gasteiger partial charge in [0.1, 0.15) is 11.9 Å². The number of allylic oxidation sites excluding steroid dienone is 8. The Labute approximate surface area is 253 Å². The predicted molar refractivity (Wildman–Crippen MR) is 172 cm³/mol. The molecule has 7 heteroatoms. The molecule has 6 nitrogen and oxygen atoms in total. The van der Waals surface area contributed by atoms with Crippen molar-refractivity contribution in [1.82, 2.24) is 5.32 Å². The van der Waals surface area contributed by atoms with Gasteiger partial charge in [0.25, 0.3) is 0 Å². The van der Waals surface area contributed by atoms with E-state index in [1.807, 2.05) is 71.9 Å². The molecule has 1 amide bonds. The molecule has 0 spiro atoms. The summed E-state index contributed by atoms with van der Waals surface area (Å²) in [6.07, 6.45) is 17.5. The molecule has 0 saturated heterocycles. The minimum absolute atomic E-state index is 0.00239. The minimum Gasteiger partial charge on any atom is -0.454 e. The van der Waals surface area contributed by atoms with E-state index < -0.39 is 12.0 Å². The number of hydrogen-bond acceptors (Lipinski definition) is 6. The molecule has 1 aliphatic rings. The summed E-state index contributed by atoms with van der Waals surface area (Å²) in [7, 11) is 0. The molecule has 0 radical (unpaired) electrons. The van der Waals surface area contributed by atoms with Crippen molar-refractivity contribution in [1.29, 1.82) is 0 Å². The molecule has 1 rings (SSSR count). The monoisotopic (exact) mass is 585 g/mol. The van der Waals surface area contributed by atoms with Crippen molar-refractivity contribution in [3.05, 3.63) is 71.4 Å². The summed E-state index contributed by atoms with van der Waals surface area (Å²) < 4.78 is 5.36. The van der Waals surface area contributed by atoms with E-state index in [-0.39, 0.29) is 41.5 Å². The first-order chi connectivity index (χ1) is 19.2. The van der Waals surface area contributed by atoms with E-state index in [9.17, 15) is 19.5 Å². The standard InChI is InChI=1S/C34H51NO5S/c1-22(18-24(3)12-14-30-26(5)13-15-32(37)40-30)10-9-11-23(2)19-27(6)33(38)29(8)34(39)28(7)20-25(4)21-31(36)35-16-17-41/h9,11-15,18-19,21-22,26-30,34,39,41H,10,16-17,20H2,1-8H3,(H,35,36)/b11-9+,14-12+,23-19+,24-18-,25-21+/t22?,26-,27?,28?,29?,30-,34?/m0/s1. The van der Waals surface area contributed by atoms with E-state index in [4.69, 9.17) is 4.74 Å². The molecule has 7 atom stereocenters. The molecule has 0 aromatic carbocycles. The first kappa shape index (κ1) is 36.4. The summed E-state index contributed by atoms with van der Waals surface area (Å²) in [6.45, 7) is 16.1. The van der Waals surface area contributed by atoms with Crippen molar-refractivity contribution in [2.45, 2.75) is 80.4 Å². The van der Waals surface area contributed by atoms with Gasteiger partial charge in [-0.15, -0.1) is 0 Å². The first-order valence-corrected chi connectivity index (χ1v) is 15.3. The van der Waals surface area contributed by atoms with Crippen molar-refractivity contribution in [3.63, 3.8) is 0 Å². The summed E-state index contributed by atoms with van der Waals surface area (Å²) in [5.41, 5.74) is 2.97. The molecule has 0 aliphatic carbocycles. The average molecular weight is 586 g/mol. The van der Waals surface area contributed by atoms with Gasteiger partial charge in [0.2, 0.25) is 5.91 Å². The molecule has 2 N–H and O–H groups in total. The molecule has 0 aromatic heterocycles. The third-order valence-corrected chi connectivity index (χ3v) is 7.45. The zero-order chi connectivity index (χ0) is 31.1. The number of cyclic esters (lactones) is 1. The van der Waals surface area contributed by atoms with Gasteiger partial charge in [0.05, 0.1) is 6.10 Å². The Hall–Kier alpha value is -2.64. The Balaban J connectivity index is 2.62. The molecular formula is C34H51NO5S. The van der Waals surface area contributed by atoms with Crippen LogP contribution in [0.4, 0.5) is 0 Å². The molecule has 0 aromatic rings. The maximum atomic E-state index is 13.1. The van der Waals surface area contributed by atoms with Crippen LogP contribution in [0.5, 0.6) is 0 Å². The van der Waals surface area contributed by atoms with E-state index in [2.05, 4.69) is 37.0 Å². The van der Waals surface area contributed by atoms with Gasteiger partial charge in [-0.1, -0.05) is 87.8 Å². The Morgan fingerprint density at radius 3 is 2.41 bits per heavy atom. The smallest absolute Gasteiger partial charge is 0.331 e. The lowest BCUT2D eigenvalue weighted by Gasteiger charge is -2.25. The quantitative estimate of drug-likeness (QED) is 0.0849. The highest BCUT2D eigenvalue weighted by Crippen LogP contribution is 2.24. The van der Waals surface area contributed by atoms with Gasteiger partial charge in [-0.25, -0.2) is 4.79 Å². The largest absolute Gasteiger partial charge is 0.454 e. The molecule has 5 unspecified atom stereocenters. The average Bonchev–Trinajstić information content (AvgIpc) is 2.90. The third kappa shape index (κ3) is 14.2. The van der Waals surface area contributed by atoms with Crippen LogP contribution >= 0.6 is 12.6 Å². The second kappa shape index (κ2) is 18.7. The fourth-order valence-corrected chi connectivity index (χ4v) is 4.98. The van der Waals surface area contributed by atoms with E-state index in [1.54, 1.807) is 13.0 Å². The van der Waals surface area contributed by atoms with Crippen LogP contribution in [0, 0.1) is 29.6 Å². The Kier molecular flexibility index (Phi) is 16.6. The van der Waals surface area contributed by atoms with Gasteiger partial charge in [0, 0.05) is 42.2 Å². The lowest BCUT2D eigenvalue weighted by atomic mass is 9.83. The van der Waals surface area contributed by atoms with Crippen LogP contribution in [-0.2, 0) is 19.1 Å². The number of esters is 1. The van der Waals surface area contributed by atoms with Crippen molar-refractivity contribution in [2.24, 2.45) is 29.6 Å². The summed E-state index contributed by atoms with van der Waals surface area (Å²) in [6, 6.07) is 0. The number of ether oxygens (including phenoxy) is 1. The van der Waals surface area contributed by atoms with Crippen LogP contribution in [-0.4, -0.2) is 47.3 Å². The lowest BCUT2D eigenvalue weighted by Crippen LogP contribution is -2.34. The molecule has 41 heavy (non-hydrogen) atoms. The van der Waals surface area contributed by atoms with Crippen LogP contribution in [0.25, 0.3) is 0 Å². The maximum Gasteiger partial charge on any atom is 0.331 e. The number of aliphatic hydroxyl groups is 1. The molecule has 1 aliphatic heterocycles. The van der Waals surface area contributed by atoms with Crippen molar-refractivity contribution >= 4 is 30.3 Å².